The van der Waals surface area contributed by atoms with Crippen molar-refractivity contribution in [2.45, 2.75) is 0 Å². The molecule has 4 aromatic rings. The van der Waals surface area contributed by atoms with Gasteiger partial charge in [-0.3, -0.25) is 9.55 Å². The lowest BCUT2D eigenvalue weighted by Gasteiger charge is -2.09. The summed E-state index contributed by atoms with van der Waals surface area (Å²) in [5, 5.41) is 4.16. The van der Waals surface area contributed by atoms with Crippen LogP contribution >= 0.6 is 15.9 Å². The van der Waals surface area contributed by atoms with Gasteiger partial charge in [0, 0.05) is 11.9 Å². The maximum atomic E-state index is 5.89. The molecule has 0 saturated carbocycles. The van der Waals surface area contributed by atoms with Crippen LogP contribution in [0.1, 0.15) is 0 Å². The molecule has 8 heteroatoms. The van der Waals surface area contributed by atoms with Crippen molar-refractivity contribution in [2.75, 3.05) is 5.73 Å². The number of aromatic nitrogens is 6. The largest absolute Gasteiger partial charge is 0.368 e. The Morgan fingerprint density at radius 1 is 1.09 bits per heavy atom. The van der Waals surface area contributed by atoms with E-state index in [2.05, 4.69) is 36.0 Å². The van der Waals surface area contributed by atoms with Gasteiger partial charge in [0.05, 0.1) is 16.2 Å². The van der Waals surface area contributed by atoms with Gasteiger partial charge in [0.25, 0.3) is 0 Å². The highest BCUT2D eigenvalue weighted by Crippen LogP contribution is 2.29. The Labute approximate surface area is 133 Å². The van der Waals surface area contributed by atoms with Gasteiger partial charge in [-0.2, -0.15) is 14.8 Å². The molecule has 0 aliphatic carbocycles. The van der Waals surface area contributed by atoms with E-state index in [0.29, 0.717) is 5.95 Å². The lowest BCUT2D eigenvalue weighted by atomic mass is 10.3. The quantitative estimate of drug-likeness (QED) is 0.596. The predicted octanol–water partition coefficient (Wildman–Crippen LogP) is 2.35. The molecule has 2 N–H and O–H groups in total. The first-order valence-electron chi connectivity index (χ1n) is 6.49. The van der Waals surface area contributed by atoms with Crippen LogP contribution in [0.25, 0.3) is 22.7 Å². The first-order valence-corrected chi connectivity index (χ1v) is 7.28. The number of hydrogen-bond donors (Lipinski definition) is 1. The second-order valence-corrected chi connectivity index (χ2v) is 5.46. The Hall–Kier alpha value is -2.74. The van der Waals surface area contributed by atoms with Crippen LogP contribution in [0.3, 0.4) is 0 Å². The van der Waals surface area contributed by atoms with Crippen molar-refractivity contribution in [3.63, 3.8) is 0 Å². The molecule has 0 saturated heterocycles. The minimum atomic E-state index is 0.275. The summed E-state index contributed by atoms with van der Waals surface area (Å²) in [6.45, 7) is 0. The highest BCUT2D eigenvalue weighted by Gasteiger charge is 2.18. The van der Waals surface area contributed by atoms with Crippen LogP contribution in [-0.2, 0) is 0 Å². The number of halogens is 1. The van der Waals surface area contributed by atoms with Gasteiger partial charge < -0.3 is 5.73 Å². The first-order chi connectivity index (χ1) is 10.8. The normalized spacial score (nSPS) is 11.1. The number of anilines is 1. The number of para-hydroxylation sites is 1. The summed E-state index contributed by atoms with van der Waals surface area (Å²) in [5.74, 6) is 0.835. The third-order valence-electron chi connectivity index (χ3n) is 3.28. The molecular formula is C14H10BrN7. The monoisotopic (exact) mass is 355 g/mol. The summed E-state index contributed by atoms with van der Waals surface area (Å²) in [4.78, 5) is 12.7. The van der Waals surface area contributed by atoms with E-state index in [9.17, 15) is 0 Å². The van der Waals surface area contributed by atoms with Crippen molar-refractivity contribution in [1.29, 1.82) is 0 Å². The van der Waals surface area contributed by atoms with Crippen molar-refractivity contribution in [3.05, 3.63) is 53.5 Å². The fourth-order valence-electron chi connectivity index (χ4n) is 2.35. The Morgan fingerprint density at radius 2 is 1.91 bits per heavy atom. The van der Waals surface area contributed by atoms with Gasteiger partial charge in [-0.15, -0.1) is 0 Å². The molecule has 3 heterocycles. The zero-order valence-corrected chi connectivity index (χ0v) is 12.8. The molecule has 108 valence electrons. The van der Waals surface area contributed by atoms with Crippen molar-refractivity contribution < 1.29 is 0 Å². The summed E-state index contributed by atoms with van der Waals surface area (Å²) < 4.78 is 4.30. The minimum absolute atomic E-state index is 0.275. The third kappa shape index (κ3) is 1.88. The summed E-state index contributed by atoms with van der Waals surface area (Å²) >= 11 is 3.54. The van der Waals surface area contributed by atoms with Crippen LogP contribution in [0, 0.1) is 0 Å². The van der Waals surface area contributed by atoms with E-state index in [4.69, 9.17) is 5.73 Å². The highest BCUT2D eigenvalue weighted by atomic mass is 79.9. The van der Waals surface area contributed by atoms with Crippen molar-refractivity contribution in [3.8, 4) is 11.6 Å². The standard InChI is InChI=1S/C14H10BrN7/c15-10-6-17-7-11-12(10)21(9-4-2-1-3-5-9)14(20-11)22-13(16)18-8-19-22/h1-8H,(H2,16,18,19). The molecule has 4 rings (SSSR count). The number of pyridine rings is 1. The fourth-order valence-corrected chi connectivity index (χ4v) is 2.85. The molecule has 0 unspecified atom stereocenters. The number of benzene rings is 1. The topological polar surface area (TPSA) is 87.4 Å². The predicted molar refractivity (Wildman–Crippen MR) is 85.9 cm³/mol. The van der Waals surface area contributed by atoms with Crippen molar-refractivity contribution in [2.24, 2.45) is 0 Å². The smallest absolute Gasteiger partial charge is 0.239 e. The summed E-state index contributed by atoms with van der Waals surface area (Å²) in [6, 6.07) is 9.87. The molecule has 22 heavy (non-hydrogen) atoms. The Kier molecular flexibility index (Phi) is 2.90. The maximum absolute atomic E-state index is 5.89. The van der Waals surface area contributed by atoms with Crippen LogP contribution in [-0.4, -0.2) is 29.3 Å². The molecule has 7 nitrogen and oxygen atoms in total. The average molecular weight is 356 g/mol. The third-order valence-corrected chi connectivity index (χ3v) is 3.86. The highest BCUT2D eigenvalue weighted by molar-refractivity contribution is 9.10. The molecule has 0 fully saturated rings. The molecular weight excluding hydrogens is 346 g/mol. The van der Waals surface area contributed by atoms with E-state index in [1.165, 1.54) is 11.0 Å². The number of nitrogens with zero attached hydrogens (tertiary/aromatic N) is 6. The second kappa shape index (κ2) is 4.92. The van der Waals surface area contributed by atoms with Gasteiger partial charge in [0.1, 0.15) is 11.8 Å². The molecule has 0 radical (unpaired) electrons. The molecule has 0 bridgehead atoms. The molecule has 0 amide bonds. The van der Waals surface area contributed by atoms with E-state index in [1.54, 1.807) is 12.4 Å². The van der Waals surface area contributed by atoms with E-state index in [0.717, 1.165) is 21.2 Å². The summed E-state index contributed by atoms with van der Waals surface area (Å²) in [6.07, 6.45) is 4.84. The van der Waals surface area contributed by atoms with Crippen molar-refractivity contribution in [1.82, 2.24) is 29.3 Å². The number of fused-ring (bicyclic) bond motifs is 1. The second-order valence-electron chi connectivity index (χ2n) is 4.60. The lowest BCUT2D eigenvalue weighted by molar-refractivity contribution is 0.804. The molecule has 0 aliphatic rings. The molecule has 3 aromatic heterocycles. The van der Waals surface area contributed by atoms with Crippen LogP contribution in [0.5, 0.6) is 0 Å². The zero-order chi connectivity index (χ0) is 15.1. The molecule has 0 aliphatic heterocycles. The summed E-state index contributed by atoms with van der Waals surface area (Å²) in [5.41, 5.74) is 8.47. The Morgan fingerprint density at radius 3 is 2.64 bits per heavy atom. The van der Waals surface area contributed by atoms with Gasteiger partial charge in [-0.05, 0) is 28.1 Å². The Balaban J connectivity index is 2.13. The average Bonchev–Trinajstić information content (AvgIpc) is 3.12. The van der Waals surface area contributed by atoms with Gasteiger partial charge in [0.15, 0.2) is 0 Å². The number of nitrogen functional groups attached to an aromatic ring is 1. The number of rotatable bonds is 2. The van der Waals surface area contributed by atoms with Crippen LogP contribution in [0.2, 0.25) is 0 Å². The molecule has 0 atom stereocenters. The van der Waals surface area contributed by atoms with E-state index in [-0.39, 0.29) is 5.95 Å². The van der Waals surface area contributed by atoms with Gasteiger partial charge in [-0.1, -0.05) is 18.2 Å². The summed E-state index contributed by atoms with van der Waals surface area (Å²) in [7, 11) is 0. The number of hydrogen-bond acceptors (Lipinski definition) is 5. The molecule has 1 aromatic carbocycles. The van der Waals surface area contributed by atoms with Crippen LogP contribution < -0.4 is 5.73 Å². The van der Waals surface area contributed by atoms with Crippen LogP contribution in [0.15, 0.2) is 53.5 Å². The SMILES string of the molecule is Nc1ncnn1-c1nc2cncc(Br)c2n1-c1ccccc1. The van der Waals surface area contributed by atoms with Crippen LogP contribution in [0.4, 0.5) is 5.95 Å². The van der Waals surface area contributed by atoms with Gasteiger partial charge in [0.2, 0.25) is 11.9 Å². The maximum Gasteiger partial charge on any atom is 0.239 e. The molecule has 0 spiro atoms. The first kappa shape index (κ1) is 13.0. The fraction of sp³-hybridized carbons (Fsp3) is 0. The number of imidazole rings is 1. The van der Waals surface area contributed by atoms with Gasteiger partial charge in [-0.25, -0.2) is 4.98 Å². The Bertz CT molecular complexity index is 958. The van der Waals surface area contributed by atoms with E-state index < -0.39 is 0 Å². The zero-order valence-electron chi connectivity index (χ0n) is 11.3. The number of nitrogens with two attached hydrogens (primary N) is 1. The van der Waals surface area contributed by atoms with Crippen molar-refractivity contribution >= 4 is 32.9 Å². The van der Waals surface area contributed by atoms with Gasteiger partial charge >= 0.3 is 0 Å². The van der Waals surface area contributed by atoms with E-state index in [1.807, 2.05) is 34.9 Å². The lowest BCUT2D eigenvalue weighted by Crippen LogP contribution is -2.09. The van der Waals surface area contributed by atoms with E-state index >= 15 is 0 Å². The minimum Gasteiger partial charge on any atom is -0.368 e.